The van der Waals surface area contributed by atoms with Crippen molar-refractivity contribution in [2.24, 2.45) is 0 Å². The third-order valence-corrected chi connectivity index (χ3v) is 8.63. The lowest BCUT2D eigenvalue weighted by Gasteiger charge is -2.14. The van der Waals surface area contributed by atoms with E-state index >= 15 is 0 Å². The largest absolute Gasteiger partial charge is 0.456 e. The number of nitrogens with zero attached hydrogens (tertiary/aromatic N) is 4. The Kier molecular flexibility index (Phi) is 6.39. The molecular weight excluding hydrogens is 576 g/mol. The van der Waals surface area contributed by atoms with Gasteiger partial charge in [0.25, 0.3) is 0 Å². The summed E-state index contributed by atoms with van der Waals surface area (Å²) in [5, 5.41) is 3.17. The predicted molar refractivity (Wildman–Crippen MR) is 190 cm³/mol. The lowest BCUT2D eigenvalue weighted by molar-refractivity contribution is 0.669. The third kappa shape index (κ3) is 4.82. The summed E-state index contributed by atoms with van der Waals surface area (Å²) >= 11 is 0. The van der Waals surface area contributed by atoms with Crippen molar-refractivity contribution in [3.05, 3.63) is 158 Å². The summed E-state index contributed by atoms with van der Waals surface area (Å²) in [4.78, 5) is 19.3. The second kappa shape index (κ2) is 11.2. The molecule has 0 aliphatic heterocycles. The molecule has 47 heavy (non-hydrogen) atoms. The number of hydrogen-bond donors (Lipinski definition) is 0. The Labute approximate surface area is 270 Å². The van der Waals surface area contributed by atoms with Crippen molar-refractivity contribution in [2.45, 2.75) is 0 Å². The highest BCUT2D eigenvalue weighted by atomic mass is 16.3. The van der Waals surface area contributed by atoms with Gasteiger partial charge >= 0.3 is 0 Å². The van der Waals surface area contributed by atoms with Crippen molar-refractivity contribution in [2.75, 3.05) is 0 Å². The molecule has 0 fully saturated rings. The normalized spacial score (nSPS) is 11.4. The van der Waals surface area contributed by atoms with Crippen molar-refractivity contribution in [3.63, 3.8) is 0 Å². The molecule has 9 rings (SSSR count). The quantitative estimate of drug-likeness (QED) is 0.196. The zero-order chi connectivity index (χ0) is 31.2. The molecule has 0 unspecified atom stereocenters. The molecule has 0 aliphatic carbocycles. The molecule has 0 aliphatic rings. The lowest BCUT2D eigenvalue weighted by atomic mass is 9.92. The Morgan fingerprint density at radius 3 is 1.83 bits per heavy atom. The van der Waals surface area contributed by atoms with Crippen molar-refractivity contribution in [1.29, 1.82) is 0 Å². The SMILES string of the molecule is c1ccc(-c2cc(-c3ccc(-c4c(-c5ccc6oc7ccccc7c6c5)cnc5ncccc45)cc3)nc(-c3ccccc3)n2)cc1. The van der Waals surface area contributed by atoms with E-state index in [0.29, 0.717) is 11.5 Å². The predicted octanol–water partition coefficient (Wildman–Crippen LogP) is 10.7. The van der Waals surface area contributed by atoms with E-state index < -0.39 is 0 Å². The number of pyridine rings is 2. The minimum absolute atomic E-state index is 0.696. The fourth-order valence-electron chi connectivity index (χ4n) is 6.33. The number of fused-ring (bicyclic) bond motifs is 4. The molecule has 0 saturated carbocycles. The fraction of sp³-hybridized carbons (Fsp3) is 0. The van der Waals surface area contributed by atoms with E-state index in [0.717, 1.165) is 77.7 Å². The van der Waals surface area contributed by atoms with Crippen LogP contribution in [0.3, 0.4) is 0 Å². The van der Waals surface area contributed by atoms with Crippen LogP contribution >= 0.6 is 0 Å². The highest BCUT2D eigenvalue weighted by Gasteiger charge is 2.17. The van der Waals surface area contributed by atoms with E-state index in [1.165, 1.54) is 0 Å². The lowest BCUT2D eigenvalue weighted by Crippen LogP contribution is -1.96. The van der Waals surface area contributed by atoms with Crippen LogP contribution < -0.4 is 0 Å². The summed E-state index contributed by atoms with van der Waals surface area (Å²) in [5.41, 5.74) is 11.5. The van der Waals surface area contributed by atoms with Crippen LogP contribution in [0, 0.1) is 0 Å². The molecule has 4 aromatic heterocycles. The van der Waals surface area contributed by atoms with Crippen molar-refractivity contribution in [1.82, 2.24) is 19.9 Å². The van der Waals surface area contributed by atoms with Crippen LogP contribution in [0.25, 0.3) is 89.1 Å². The smallest absolute Gasteiger partial charge is 0.160 e. The van der Waals surface area contributed by atoms with Crippen LogP contribution in [-0.2, 0) is 0 Å². The van der Waals surface area contributed by atoms with Crippen LogP contribution in [-0.4, -0.2) is 19.9 Å². The Morgan fingerprint density at radius 2 is 1.04 bits per heavy atom. The molecule has 0 saturated heterocycles. The first-order valence-corrected chi connectivity index (χ1v) is 15.5. The number of furan rings is 1. The molecule has 5 aromatic carbocycles. The second-order valence-corrected chi connectivity index (χ2v) is 11.5. The Hall–Kier alpha value is -6.46. The summed E-state index contributed by atoms with van der Waals surface area (Å²) in [7, 11) is 0. The summed E-state index contributed by atoms with van der Waals surface area (Å²) in [6, 6.07) is 49.6. The van der Waals surface area contributed by atoms with Gasteiger partial charge in [-0.25, -0.2) is 19.9 Å². The fourth-order valence-corrected chi connectivity index (χ4v) is 6.33. The molecule has 0 bridgehead atoms. The van der Waals surface area contributed by atoms with Crippen molar-refractivity contribution < 1.29 is 4.42 Å². The van der Waals surface area contributed by atoms with E-state index in [4.69, 9.17) is 19.4 Å². The van der Waals surface area contributed by atoms with E-state index in [9.17, 15) is 0 Å². The van der Waals surface area contributed by atoms with Crippen LogP contribution in [0.4, 0.5) is 0 Å². The molecule has 0 atom stereocenters. The number of aromatic nitrogens is 4. The van der Waals surface area contributed by atoms with Gasteiger partial charge in [0, 0.05) is 56.4 Å². The van der Waals surface area contributed by atoms with Gasteiger partial charge in [-0.15, -0.1) is 0 Å². The number of rotatable bonds is 5. The summed E-state index contributed by atoms with van der Waals surface area (Å²) in [6.07, 6.45) is 3.72. The first-order chi connectivity index (χ1) is 23.3. The summed E-state index contributed by atoms with van der Waals surface area (Å²) < 4.78 is 6.12. The van der Waals surface area contributed by atoms with E-state index in [-0.39, 0.29) is 0 Å². The average molecular weight is 603 g/mol. The van der Waals surface area contributed by atoms with Gasteiger partial charge in [-0.1, -0.05) is 109 Å². The number of benzene rings is 5. The summed E-state index contributed by atoms with van der Waals surface area (Å²) in [6.45, 7) is 0. The van der Waals surface area contributed by atoms with Gasteiger partial charge in [0.15, 0.2) is 11.5 Å². The van der Waals surface area contributed by atoms with E-state index in [1.54, 1.807) is 6.20 Å². The molecular formula is C42H26N4O. The first-order valence-electron chi connectivity index (χ1n) is 15.5. The maximum Gasteiger partial charge on any atom is 0.160 e. The zero-order valence-corrected chi connectivity index (χ0v) is 25.2. The molecule has 0 amide bonds. The van der Waals surface area contributed by atoms with Crippen LogP contribution in [0.1, 0.15) is 0 Å². The number of hydrogen-bond acceptors (Lipinski definition) is 5. The number of para-hydroxylation sites is 1. The van der Waals surface area contributed by atoms with Crippen molar-refractivity contribution in [3.8, 4) is 56.2 Å². The van der Waals surface area contributed by atoms with Gasteiger partial charge in [0.2, 0.25) is 0 Å². The molecule has 5 heteroatoms. The van der Waals surface area contributed by atoms with Gasteiger partial charge in [-0.2, -0.15) is 0 Å². The Morgan fingerprint density at radius 1 is 0.426 bits per heavy atom. The van der Waals surface area contributed by atoms with Gasteiger partial charge in [-0.05, 0) is 47.5 Å². The molecule has 9 aromatic rings. The van der Waals surface area contributed by atoms with Crippen LogP contribution in [0.5, 0.6) is 0 Å². The molecule has 0 radical (unpaired) electrons. The Bertz CT molecular complexity index is 2500. The van der Waals surface area contributed by atoms with Gasteiger partial charge in [0.1, 0.15) is 11.2 Å². The molecule has 0 spiro atoms. The van der Waals surface area contributed by atoms with Gasteiger partial charge in [0.05, 0.1) is 11.4 Å². The topological polar surface area (TPSA) is 64.7 Å². The molecule has 4 heterocycles. The minimum Gasteiger partial charge on any atom is -0.456 e. The molecule has 0 N–H and O–H groups in total. The van der Waals surface area contributed by atoms with Crippen LogP contribution in [0.2, 0.25) is 0 Å². The van der Waals surface area contributed by atoms with Gasteiger partial charge < -0.3 is 4.42 Å². The highest BCUT2D eigenvalue weighted by molar-refractivity contribution is 6.08. The standard InChI is InChI=1S/C42H26N4O/c1-3-10-27(11-4-1)36-25-37(46-41(45-36)30-12-5-2-6-13-30)28-17-19-29(20-18-28)40-33-15-9-23-43-42(33)44-26-35(40)31-21-22-39-34(24-31)32-14-7-8-16-38(32)47-39/h1-26H. The van der Waals surface area contributed by atoms with E-state index in [2.05, 4.69) is 77.8 Å². The maximum atomic E-state index is 6.12. The average Bonchev–Trinajstić information content (AvgIpc) is 3.53. The van der Waals surface area contributed by atoms with Crippen molar-refractivity contribution >= 4 is 33.0 Å². The Balaban J connectivity index is 1.19. The third-order valence-electron chi connectivity index (χ3n) is 8.63. The van der Waals surface area contributed by atoms with E-state index in [1.807, 2.05) is 79.0 Å². The maximum absolute atomic E-state index is 6.12. The summed E-state index contributed by atoms with van der Waals surface area (Å²) in [5.74, 6) is 0.696. The van der Waals surface area contributed by atoms with Crippen LogP contribution in [0.15, 0.2) is 162 Å². The highest BCUT2D eigenvalue weighted by Crippen LogP contribution is 2.40. The molecule has 220 valence electrons. The minimum atomic E-state index is 0.696. The first kappa shape index (κ1) is 26.9. The second-order valence-electron chi connectivity index (χ2n) is 11.5. The zero-order valence-electron chi connectivity index (χ0n) is 25.2. The van der Waals surface area contributed by atoms with Gasteiger partial charge in [-0.3, -0.25) is 0 Å². The monoisotopic (exact) mass is 602 g/mol. The molecule has 5 nitrogen and oxygen atoms in total.